The maximum atomic E-state index is 12.5. The second kappa shape index (κ2) is 6.64. The van der Waals surface area contributed by atoms with Crippen LogP contribution < -0.4 is 0 Å². The first-order valence-electron chi connectivity index (χ1n) is 7.92. The van der Waals surface area contributed by atoms with E-state index in [1.165, 1.54) is 12.1 Å². The molecular formula is C19H17BrO5S. The average Bonchev–Trinajstić information content (AvgIpc) is 2.86. The minimum Gasteiger partial charge on any atom is -0.425 e. The number of esters is 1. The first-order chi connectivity index (χ1) is 12.2. The fraction of sp³-hybridized carbons (Fsp3) is 0.211. The molecule has 0 saturated heterocycles. The molecule has 0 bridgehead atoms. The van der Waals surface area contributed by atoms with Gasteiger partial charge in [0.25, 0.3) is 0 Å². The van der Waals surface area contributed by atoms with E-state index in [0.29, 0.717) is 16.7 Å². The summed E-state index contributed by atoms with van der Waals surface area (Å²) in [6.07, 6.45) is 1.29. The number of benzene rings is 2. The molecule has 0 aromatic heterocycles. The van der Waals surface area contributed by atoms with Crippen LogP contribution >= 0.6 is 15.9 Å². The number of hydrogen-bond donors (Lipinski definition) is 1. The van der Waals surface area contributed by atoms with Gasteiger partial charge in [-0.3, -0.25) is 0 Å². The molecule has 26 heavy (non-hydrogen) atoms. The van der Waals surface area contributed by atoms with Gasteiger partial charge >= 0.3 is 5.97 Å². The monoisotopic (exact) mass is 436 g/mol. The quantitative estimate of drug-likeness (QED) is 0.742. The van der Waals surface area contributed by atoms with Crippen LogP contribution in [0.2, 0.25) is 0 Å². The number of ether oxygens (including phenoxy) is 1. The van der Waals surface area contributed by atoms with Gasteiger partial charge in [0.2, 0.25) is 5.79 Å². The zero-order valence-electron chi connectivity index (χ0n) is 14.2. The number of sulfone groups is 1. The van der Waals surface area contributed by atoms with Gasteiger partial charge in [0.05, 0.1) is 10.5 Å². The number of halogens is 1. The highest BCUT2D eigenvalue weighted by Gasteiger charge is 2.46. The second-order valence-electron chi connectivity index (χ2n) is 6.08. The Kier molecular flexibility index (Phi) is 4.81. The van der Waals surface area contributed by atoms with E-state index in [2.05, 4.69) is 15.9 Å². The van der Waals surface area contributed by atoms with Crippen LogP contribution in [0.5, 0.6) is 0 Å². The molecule has 0 amide bonds. The van der Waals surface area contributed by atoms with Gasteiger partial charge < -0.3 is 9.84 Å². The lowest BCUT2D eigenvalue weighted by Crippen LogP contribution is -2.29. The van der Waals surface area contributed by atoms with Crippen molar-refractivity contribution in [3.05, 3.63) is 64.1 Å². The summed E-state index contributed by atoms with van der Waals surface area (Å²) < 4.78 is 29.5. The molecule has 0 radical (unpaired) electrons. The summed E-state index contributed by atoms with van der Waals surface area (Å²) in [6.45, 7) is 1.71. The summed E-state index contributed by atoms with van der Waals surface area (Å²) in [6, 6.07) is 13.2. The molecule has 5 nitrogen and oxygen atoms in total. The summed E-state index contributed by atoms with van der Waals surface area (Å²) >= 11 is 3.35. The lowest BCUT2D eigenvalue weighted by molar-refractivity contribution is -0.175. The minimum absolute atomic E-state index is 0.164. The largest absolute Gasteiger partial charge is 0.425 e. The Hall–Kier alpha value is -1.96. The van der Waals surface area contributed by atoms with E-state index in [-0.39, 0.29) is 16.9 Å². The molecule has 7 heteroatoms. The normalized spacial score (nSPS) is 20.4. The number of cyclic esters (lactones) is 1. The Balaban J connectivity index is 2.22. The predicted molar refractivity (Wildman–Crippen MR) is 102 cm³/mol. The highest BCUT2D eigenvalue weighted by atomic mass is 79.9. The van der Waals surface area contributed by atoms with Crippen LogP contribution in [0.4, 0.5) is 0 Å². The zero-order valence-corrected chi connectivity index (χ0v) is 16.6. The molecule has 2 aromatic rings. The molecule has 3 rings (SSSR count). The van der Waals surface area contributed by atoms with Gasteiger partial charge in [0, 0.05) is 22.7 Å². The molecule has 1 aliphatic heterocycles. The van der Waals surface area contributed by atoms with Crippen molar-refractivity contribution >= 4 is 42.9 Å². The molecular weight excluding hydrogens is 420 g/mol. The highest BCUT2D eigenvalue weighted by molar-refractivity contribution is 9.10. The van der Waals surface area contributed by atoms with Crippen molar-refractivity contribution in [2.45, 2.75) is 24.0 Å². The molecule has 0 spiro atoms. The van der Waals surface area contributed by atoms with Crippen molar-refractivity contribution < 1.29 is 23.1 Å². The topological polar surface area (TPSA) is 80.7 Å². The van der Waals surface area contributed by atoms with Crippen LogP contribution in [-0.2, 0) is 19.4 Å². The van der Waals surface area contributed by atoms with Gasteiger partial charge in [-0.05, 0) is 35.4 Å². The minimum atomic E-state index is -3.34. The van der Waals surface area contributed by atoms with Gasteiger partial charge in [-0.15, -0.1) is 0 Å². The standard InChI is InChI=1S/C19H17BrO5S/c1-3-19(22)17(13-6-10-15(11-7-13)26(2,23)24)16(18(21)25-19)12-4-8-14(20)9-5-12/h4-11,22H,3H2,1-2H3. The number of carbonyl (C=O) groups is 1. The SMILES string of the molecule is CCC1(O)OC(=O)C(c2ccc(Br)cc2)=C1c1ccc(S(C)(=O)=O)cc1. The van der Waals surface area contributed by atoms with Gasteiger partial charge in [0.1, 0.15) is 0 Å². The summed E-state index contributed by atoms with van der Waals surface area (Å²) in [5, 5.41) is 10.9. The predicted octanol–water partition coefficient (Wildman–Crippen LogP) is 3.42. The van der Waals surface area contributed by atoms with Crippen LogP contribution in [0.3, 0.4) is 0 Å². The summed E-state index contributed by atoms with van der Waals surface area (Å²) in [5.41, 5.74) is 1.76. The van der Waals surface area contributed by atoms with E-state index in [1.807, 2.05) is 0 Å². The van der Waals surface area contributed by atoms with Crippen molar-refractivity contribution in [3.8, 4) is 0 Å². The number of rotatable bonds is 4. The van der Waals surface area contributed by atoms with Gasteiger partial charge in [-0.25, -0.2) is 13.2 Å². The van der Waals surface area contributed by atoms with Gasteiger partial charge in [-0.2, -0.15) is 0 Å². The fourth-order valence-corrected chi connectivity index (χ4v) is 3.81. The molecule has 0 fully saturated rings. The van der Waals surface area contributed by atoms with Crippen LogP contribution in [0, 0.1) is 0 Å². The molecule has 1 atom stereocenters. The Morgan fingerprint density at radius 2 is 1.58 bits per heavy atom. The highest BCUT2D eigenvalue weighted by Crippen LogP contribution is 2.44. The molecule has 0 aliphatic carbocycles. The molecule has 2 aromatic carbocycles. The third-order valence-electron chi connectivity index (χ3n) is 4.29. The van der Waals surface area contributed by atoms with Crippen molar-refractivity contribution in [1.82, 2.24) is 0 Å². The molecule has 136 valence electrons. The van der Waals surface area contributed by atoms with E-state index >= 15 is 0 Å². The van der Waals surface area contributed by atoms with Crippen LogP contribution in [-0.4, -0.2) is 31.5 Å². The maximum absolute atomic E-state index is 12.5. The van der Waals surface area contributed by atoms with Crippen LogP contribution in [0.25, 0.3) is 11.1 Å². The van der Waals surface area contributed by atoms with Crippen molar-refractivity contribution in [2.75, 3.05) is 6.26 Å². The Morgan fingerprint density at radius 1 is 1.04 bits per heavy atom. The van der Waals surface area contributed by atoms with Crippen LogP contribution in [0.15, 0.2) is 57.9 Å². The number of hydrogen-bond acceptors (Lipinski definition) is 5. The fourth-order valence-electron chi connectivity index (χ4n) is 2.92. The van der Waals surface area contributed by atoms with Crippen molar-refractivity contribution in [3.63, 3.8) is 0 Å². The number of aliphatic hydroxyl groups is 1. The summed E-state index contributed by atoms with van der Waals surface area (Å²) in [4.78, 5) is 12.7. The molecule has 1 heterocycles. The maximum Gasteiger partial charge on any atom is 0.342 e. The van der Waals surface area contributed by atoms with Gasteiger partial charge in [-0.1, -0.05) is 47.1 Å². The molecule has 1 N–H and O–H groups in total. The van der Waals surface area contributed by atoms with E-state index < -0.39 is 21.6 Å². The van der Waals surface area contributed by atoms with Crippen molar-refractivity contribution in [2.24, 2.45) is 0 Å². The Morgan fingerprint density at radius 3 is 2.08 bits per heavy atom. The average molecular weight is 437 g/mol. The van der Waals surface area contributed by atoms with Crippen LogP contribution in [0.1, 0.15) is 24.5 Å². The summed E-state index contributed by atoms with van der Waals surface area (Å²) in [7, 11) is -3.34. The second-order valence-corrected chi connectivity index (χ2v) is 9.01. The lowest BCUT2D eigenvalue weighted by atomic mass is 9.90. The third kappa shape index (κ3) is 3.34. The lowest BCUT2D eigenvalue weighted by Gasteiger charge is -2.23. The smallest absolute Gasteiger partial charge is 0.342 e. The Bertz CT molecular complexity index is 991. The first kappa shape index (κ1) is 18.8. The Labute approximate surface area is 160 Å². The van der Waals surface area contributed by atoms with E-state index in [9.17, 15) is 18.3 Å². The van der Waals surface area contributed by atoms with E-state index in [1.54, 1.807) is 43.3 Å². The number of carbonyl (C=O) groups excluding carboxylic acids is 1. The van der Waals surface area contributed by atoms with Crippen molar-refractivity contribution in [1.29, 1.82) is 0 Å². The molecule has 1 aliphatic rings. The van der Waals surface area contributed by atoms with E-state index in [0.717, 1.165) is 10.7 Å². The zero-order chi connectivity index (χ0) is 19.1. The first-order valence-corrected chi connectivity index (χ1v) is 10.6. The van der Waals surface area contributed by atoms with E-state index in [4.69, 9.17) is 4.74 Å². The van der Waals surface area contributed by atoms with Gasteiger partial charge in [0.15, 0.2) is 9.84 Å². The summed E-state index contributed by atoms with van der Waals surface area (Å²) in [5.74, 6) is -2.37. The molecule has 0 saturated carbocycles. The molecule has 1 unspecified atom stereocenters. The third-order valence-corrected chi connectivity index (χ3v) is 5.95.